The van der Waals surface area contributed by atoms with Gasteiger partial charge in [-0.2, -0.15) is 0 Å². The lowest BCUT2D eigenvalue weighted by Crippen LogP contribution is -2.35. The van der Waals surface area contributed by atoms with E-state index >= 15 is 0 Å². The van der Waals surface area contributed by atoms with Crippen LogP contribution in [0.25, 0.3) is 5.57 Å². The molecule has 2 aliphatic carbocycles. The van der Waals surface area contributed by atoms with Crippen LogP contribution < -0.4 is 4.74 Å². The zero-order chi connectivity index (χ0) is 20.4. The van der Waals surface area contributed by atoms with Crippen molar-refractivity contribution in [2.24, 2.45) is 0 Å². The maximum Gasteiger partial charge on any atom is 0.198 e. The van der Waals surface area contributed by atoms with Gasteiger partial charge in [0.2, 0.25) is 0 Å². The maximum atomic E-state index is 13.2. The Morgan fingerprint density at radius 1 is 1.14 bits per heavy atom. The molecule has 2 aliphatic rings. The Morgan fingerprint density at radius 2 is 1.86 bits per heavy atom. The third kappa shape index (κ3) is 2.38. The minimum absolute atomic E-state index is 0.00504. The predicted molar refractivity (Wildman–Crippen MR) is 103 cm³/mol. The van der Waals surface area contributed by atoms with Crippen LogP contribution in [0, 0.1) is 0 Å². The highest BCUT2D eigenvalue weighted by Gasteiger charge is 2.43. The van der Waals surface area contributed by atoms with Gasteiger partial charge in [-0.15, -0.1) is 0 Å². The van der Waals surface area contributed by atoms with E-state index in [1.807, 2.05) is 0 Å². The highest BCUT2D eigenvalue weighted by molar-refractivity contribution is 6.21. The number of hydrogen-bond donors (Lipinski definition) is 3. The number of ether oxygens (including phenoxy) is 2. The normalized spacial score (nSPS) is 23.1. The molecule has 28 heavy (non-hydrogen) atoms. The maximum absolute atomic E-state index is 13.2. The molecule has 0 fully saturated rings. The van der Waals surface area contributed by atoms with Crippen molar-refractivity contribution in [1.29, 1.82) is 0 Å². The van der Waals surface area contributed by atoms with Gasteiger partial charge in [0.05, 0.1) is 24.4 Å². The van der Waals surface area contributed by atoms with Crippen LogP contribution in [0.3, 0.4) is 0 Å². The van der Waals surface area contributed by atoms with E-state index in [1.54, 1.807) is 25.1 Å². The number of phenols is 2. The van der Waals surface area contributed by atoms with Crippen molar-refractivity contribution in [3.05, 3.63) is 58.2 Å². The molecule has 0 saturated carbocycles. The minimum atomic E-state index is -1.14. The summed E-state index contributed by atoms with van der Waals surface area (Å²) in [6, 6.07) is 5.04. The van der Waals surface area contributed by atoms with Gasteiger partial charge < -0.3 is 24.8 Å². The predicted octanol–water partition coefficient (Wildman–Crippen LogP) is 3.10. The number of methoxy groups -OCH3 is 2. The van der Waals surface area contributed by atoms with Crippen molar-refractivity contribution >= 4 is 11.4 Å². The largest absolute Gasteiger partial charge is 0.507 e. The SMILES string of the molecule is C=C1c2c(OC)cccc2C(=O)c2c(O)c3c(c(O)c21)C(OC)C[C@@](C)(O)C3. The second-order valence-electron chi connectivity index (χ2n) is 7.63. The van der Waals surface area contributed by atoms with Gasteiger partial charge in [0.1, 0.15) is 17.2 Å². The first-order valence-electron chi connectivity index (χ1n) is 8.99. The number of rotatable bonds is 2. The second-order valence-corrected chi connectivity index (χ2v) is 7.63. The van der Waals surface area contributed by atoms with Crippen LogP contribution in [-0.4, -0.2) is 40.9 Å². The molecular formula is C22H22O6. The molecule has 1 unspecified atom stereocenters. The number of benzene rings is 2. The summed E-state index contributed by atoms with van der Waals surface area (Å²) in [5, 5.41) is 32.7. The first-order valence-corrected chi connectivity index (χ1v) is 8.99. The van der Waals surface area contributed by atoms with E-state index in [2.05, 4.69) is 6.58 Å². The molecule has 0 saturated heterocycles. The van der Waals surface area contributed by atoms with Gasteiger partial charge in [0.25, 0.3) is 0 Å². The van der Waals surface area contributed by atoms with Crippen LogP contribution in [0.5, 0.6) is 17.2 Å². The van der Waals surface area contributed by atoms with E-state index in [0.29, 0.717) is 33.6 Å². The molecule has 0 radical (unpaired) electrons. The number of carbonyl (C=O) groups is 1. The van der Waals surface area contributed by atoms with Crippen molar-refractivity contribution in [3.63, 3.8) is 0 Å². The second kappa shape index (κ2) is 6.09. The van der Waals surface area contributed by atoms with E-state index < -0.39 is 17.5 Å². The molecule has 6 nitrogen and oxygen atoms in total. The lowest BCUT2D eigenvalue weighted by Gasteiger charge is -2.37. The molecule has 2 aromatic carbocycles. The third-order valence-corrected chi connectivity index (χ3v) is 5.70. The van der Waals surface area contributed by atoms with Crippen molar-refractivity contribution < 1.29 is 29.6 Å². The number of fused-ring (bicyclic) bond motifs is 3. The average molecular weight is 382 g/mol. The van der Waals surface area contributed by atoms with Gasteiger partial charge in [-0.3, -0.25) is 4.79 Å². The molecule has 3 N–H and O–H groups in total. The van der Waals surface area contributed by atoms with Crippen molar-refractivity contribution in [1.82, 2.24) is 0 Å². The Balaban J connectivity index is 2.06. The number of aromatic hydroxyl groups is 2. The summed E-state index contributed by atoms with van der Waals surface area (Å²) in [5.74, 6) is -0.361. The van der Waals surface area contributed by atoms with Crippen LogP contribution in [-0.2, 0) is 11.2 Å². The quantitative estimate of drug-likeness (QED) is 0.590. The molecular weight excluding hydrogens is 360 g/mol. The lowest BCUT2D eigenvalue weighted by atomic mass is 9.73. The van der Waals surface area contributed by atoms with Gasteiger partial charge >= 0.3 is 0 Å². The van der Waals surface area contributed by atoms with Gasteiger partial charge in [0, 0.05) is 47.8 Å². The highest BCUT2D eigenvalue weighted by atomic mass is 16.5. The zero-order valence-electron chi connectivity index (χ0n) is 16.0. The summed E-state index contributed by atoms with van der Waals surface area (Å²) in [4.78, 5) is 13.2. The van der Waals surface area contributed by atoms with Gasteiger partial charge in [-0.25, -0.2) is 0 Å². The van der Waals surface area contributed by atoms with Crippen molar-refractivity contribution in [2.45, 2.75) is 31.5 Å². The molecule has 0 bridgehead atoms. The number of hydrogen-bond acceptors (Lipinski definition) is 6. The smallest absolute Gasteiger partial charge is 0.198 e. The number of aliphatic hydroxyl groups is 1. The summed E-state index contributed by atoms with van der Waals surface area (Å²) >= 11 is 0. The number of phenolic OH excluding ortho intramolecular Hbond substituents is 2. The van der Waals surface area contributed by atoms with Gasteiger partial charge in [0.15, 0.2) is 5.78 Å². The van der Waals surface area contributed by atoms with Crippen LogP contribution in [0.1, 0.15) is 57.6 Å². The van der Waals surface area contributed by atoms with Crippen LogP contribution in [0.2, 0.25) is 0 Å². The van der Waals surface area contributed by atoms with E-state index in [9.17, 15) is 20.1 Å². The van der Waals surface area contributed by atoms with E-state index in [4.69, 9.17) is 9.47 Å². The van der Waals surface area contributed by atoms with Crippen LogP contribution >= 0.6 is 0 Å². The minimum Gasteiger partial charge on any atom is -0.507 e. The first-order chi connectivity index (χ1) is 13.2. The summed E-state index contributed by atoms with van der Waals surface area (Å²) < 4.78 is 10.9. The highest BCUT2D eigenvalue weighted by Crippen LogP contribution is 2.54. The van der Waals surface area contributed by atoms with E-state index in [1.165, 1.54) is 14.2 Å². The molecule has 2 atom stereocenters. The molecule has 0 heterocycles. The van der Waals surface area contributed by atoms with Crippen LogP contribution in [0.15, 0.2) is 24.8 Å². The first kappa shape index (κ1) is 18.5. The van der Waals surface area contributed by atoms with Gasteiger partial charge in [-0.1, -0.05) is 18.7 Å². The fourth-order valence-electron chi connectivity index (χ4n) is 4.45. The summed E-state index contributed by atoms with van der Waals surface area (Å²) in [7, 11) is 2.97. The van der Waals surface area contributed by atoms with Crippen LogP contribution in [0.4, 0.5) is 0 Å². The third-order valence-electron chi connectivity index (χ3n) is 5.70. The molecule has 0 spiro atoms. The Hall–Kier alpha value is -2.83. The van der Waals surface area contributed by atoms with E-state index in [-0.39, 0.29) is 35.5 Å². The molecule has 146 valence electrons. The van der Waals surface area contributed by atoms with Gasteiger partial charge in [-0.05, 0) is 18.6 Å². The lowest BCUT2D eigenvalue weighted by molar-refractivity contribution is -0.0261. The molecule has 0 amide bonds. The van der Waals surface area contributed by atoms with E-state index in [0.717, 1.165) is 0 Å². The summed E-state index contributed by atoms with van der Waals surface area (Å²) in [5.41, 5.74) is 0.985. The summed E-state index contributed by atoms with van der Waals surface area (Å²) in [6.45, 7) is 5.71. The molecule has 0 aliphatic heterocycles. The van der Waals surface area contributed by atoms with Crippen molar-refractivity contribution in [3.8, 4) is 17.2 Å². The standard InChI is InChI=1S/C22H22O6/c1-10-15-11(6-5-7-13(15)27-3)19(23)18-16(10)21(25)17-12(20(18)24)8-22(2,26)9-14(17)28-4/h5-7,14,24-26H,1,8-9H2,2-4H3/t14?,22-/m0/s1. The Kier molecular flexibility index (Phi) is 4.03. The zero-order valence-corrected chi connectivity index (χ0v) is 16.0. The Bertz CT molecular complexity index is 1030. The topological polar surface area (TPSA) is 96.2 Å². The fraction of sp³-hybridized carbons (Fsp3) is 0.318. The Labute approximate surface area is 162 Å². The molecule has 2 aromatic rings. The number of carbonyl (C=O) groups excluding carboxylic acids is 1. The molecule has 4 rings (SSSR count). The fourth-order valence-corrected chi connectivity index (χ4v) is 4.45. The summed E-state index contributed by atoms with van der Waals surface area (Å²) in [6.07, 6.45) is -0.278. The molecule has 0 aromatic heterocycles. The van der Waals surface area contributed by atoms with Crippen molar-refractivity contribution in [2.75, 3.05) is 14.2 Å². The Morgan fingerprint density at radius 3 is 2.50 bits per heavy atom. The number of ketones is 1. The average Bonchev–Trinajstić information content (AvgIpc) is 2.66. The molecule has 6 heteroatoms. The monoisotopic (exact) mass is 382 g/mol.